The highest BCUT2D eigenvalue weighted by molar-refractivity contribution is 7.76. The van der Waals surface area contributed by atoms with E-state index in [-0.39, 0.29) is 17.3 Å². The molecule has 0 spiro atoms. The van der Waals surface area contributed by atoms with Gasteiger partial charge in [0.25, 0.3) is 0 Å². The molecule has 1 rings (SSSR count). The zero-order valence-electron chi connectivity index (χ0n) is 8.57. The predicted octanol–water partition coefficient (Wildman–Crippen LogP) is 1.33. The first kappa shape index (κ1) is 13.4. The fourth-order valence-corrected chi connectivity index (χ4v) is 1.64. The molecule has 0 aromatic heterocycles. The number of rotatable bonds is 4. The van der Waals surface area contributed by atoms with Crippen LogP contribution in [-0.4, -0.2) is 26.7 Å². The molecule has 0 aliphatic heterocycles. The molecule has 0 fully saturated rings. The van der Waals surface area contributed by atoms with Gasteiger partial charge in [-0.3, -0.25) is 4.21 Å². The first-order chi connectivity index (χ1) is 7.41. The van der Waals surface area contributed by atoms with Crippen LogP contribution in [0.5, 0.6) is 0 Å². The van der Waals surface area contributed by atoms with E-state index >= 15 is 0 Å². The maximum Gasteiger partial charge on any atom is 0.147 e. The van der Waals surface area contributed by atoms with E-state index in [1.807, 2.05) is 0 Å². The summed E-state index contributed by atoms with van der Waals surface area (Å²) in [7, 11) is 1.43. The van der Waals surface area contributed by atoms with Gasteiger partial charge in [0.15, 0.2) is 0 Å². The minimum atomic E-state index is -2.27. The largest absolute Gasteiger partial charge is 0.760 e. The van der Waals surface area contributed by atoms with Crippen LogP contribution in [-0.2, 0) is 17.7 Å². The number of nitrogen functional groups attached to an aromatic ring is 1. The standard InChI is InChI=1S/C9H12ClFN2O2S/c1-13(16(14)15)3-2-6-4-9(12)8(11)5-7(6)10/h4-5H,2-3,12H2,1H3,(H,14,15)/p-1. The van der Waals surface area contributed by atoms with Gasteiger partial charge in [0.05, 0.1) is 5.69 Å². The summed E-state index contributed by atoms with van der Waals surface area (Å²) in [4.78, 5) is 0. The summed E-state index contributed by atoms with van der Waals surface area (Å²) in [5.41, 5.74) is 6.01. The fraction of sp³-hybridized carbons (Fsp3) is 0.333. The lowest BCUT2D eigenvalue weighted by molar-refractivity contribution is 0.436. The molecule has 1 unspecified atom stereocenters. The minimum Gasteiger partial charge on any atom is -0.760 e. The highest BCUT2D eigenvalue weighted by Crippen LogP contribution is 2.22. The molecule has 0 amide bonds. The van der Waals surface area contributed by atoms with E-state index in [2.05, 4.69) is 0 Å². The third-order valence-electron chi connectivity index (χ3n) is 2.12. The van der Waals surface area contributed by atoms with Gasteiger partial charge in [-0.15, -0.1) is 0 Å². The summed E-state index contributed by atoms with van der Waals surface area (Å²) in [5, 5.41) is 0.247. The van der Waals surface area contributed by atoms with Gasteiger partial charge in [-0.2, -0.15) is 0 Å². The molecule has 1 atom stereocenters. The highest BCUT2D eigenvalue weighted by Gasteiger charge is 2.07. The average Bonchev–Trinajstić information content (AvgIpc) is 2.20. The molecular weight excluding hydrogens is 255 g/mol. The summed E-state index contributed by atoms with van der Waals surface area (Å²) < 4.78 is 35.2. The number of hydrogen-bond donors (Lipinski definition) is 1. The Morgan fingerprint density at radius 3 is 2.81 bits per heavy atom. The van der Waals surface area contributed by atoms with Gasteiger partial charge in [0, 0.05) is 22.8 Å². The summed E-state index contributed by atoms with van der Waals surface area (Å²) in [6, 6.07) is 2.54. The molecule has 0 aliphatic carbocycles. The second-order valence-electron chi connectivity index (χ2n) is 3.28. The maximum atomic E-state index is 13.0. The molecule has 0 saturated heterocycles. The number of nitrogens with zero attached hydrogens (tertiary/aromatic N) is 1. The lowest BCUT2D eigenvalue weighted by Gasteiger charge is -2.19. The molecule has 7 heteroatoms. The van der Waals surface area contributed by atoms with Crippen molar-refractivity contribution in [3.63, 3.8) is 0 Å². The molecule has 4 nitrogen and oxygen atoms in total. The highest BCUT2D eigenvalue weighted by atomic mass is 35.5. The van der Waals surface area contributed by atoms with Crippen LogP contribution in [0.25, 0.3) is 0 Å². The Balaban J connectivity index is 2.74. The molecule has 90 valence electrons. The quantitative estimate of drug-likeness (QED) is 0.660. The van der Waals surface area contributed by atoms with Crippen LogP contribution in [0.15, 0.2) is 12.1 Å². The van der Waals surface area contributed by atoms with E-state index in [0.29, 0.717) is 12.0 Å². The molecule has 0 heterocycles. The second kappa shape index (κ2) is 5.58. The Hall–Kier alpha value is -0.690. The van der Waals surface area contributed by atoms with Crippen LogP contribution in [0, 0.1) is 5.82 Å². The summed E-state index contributed by atoms with van der Waals surface area (Å²) in [5.74, 6) is -0.575. The van der Waals surface area contributed by atoms with Crippen molar-refractivity contribution in [3.05, 3.63) is 28.5 Å². The first-order valence-corrected chi connectivity index (χ1v) is 5.86. The fourth-order valence-electron chi connectivity index (χ4n) is 1.16. The molecule has 0 radical (unpaired) electrons. The van der Waals surface area contributed by atoms with Crippen LogP contribution in [0.3, 0.4) is 0 Å². The lowest BCUT2D eigenvalue weighted by atomic mass is 10.1. The van der Waals surface area contributed by atoms with Crippen molar-refractivity contribution in [3.8, 4) is 0 Å². The van der Waals surface area contributed by atoms with E-state index in [4.69, 9.17) is 17.3 Å². The first-order valence-electron chi connectivity index (χ1n) is 4.45. The number of nitrogens with two attached hydrogens (primary N) is 1. The van der Waals surface area contributed by atoms with Crippen LogP contribution < -0.4 is 5.73 Å². The second-order valence-corrected chi connectivity index (χ2v) is 4.75. The SMILES string of the molecule is CN(CCc1cc(N)c(F)cc1Cl)S(=O)[O-]. The molecule has 0 aliphatic rings. The number of hydrogen-bond acceptors (Lipinski definition) is 3. The van der Waals surface area contributed by atoms with Crippen LogP contribution >= 0.6 is 11.6 Å². The molecule has 1 aromatic carbocycles. The molecule has 0 saturated carbocycles. The molecule has 2 N–H and O–H groups in total. The van der Waals surface area contributed by atoms with Gasteiger partial charge in [-0.05, 0) is 31.2 Å². The number of halogens is 2. The number of benzene rings is 1. The minimum absolute atomic E-state index is 0.00491. The topological polar surface area (TPSA) is 69.4 Å². The van der Waals surface area contributed by atoms with Crippen molar-refractivity contribution in [2.45, 2.75) is 6.42 Å². The van der Waals surface area contributed by atoms with Gasteiger partial charge in [0.2, 0.25) is 0 Å². The van der Waals surface area contributed by atoms with Gasteiger partial charge >= 0.3 is 0 Å². The molecular formula is C9H11ClFN2O2S-. The van der Waals surface area contributed by atoms with E-state index < -0.39 is 17.1 Å². The van der Waals surface area contributed by atoms with Crippen molar-refractivity contribution in [1.82, 2.24) is 4.31 Å². The van der Waals surface area contributed by atoms with Gasteiger partial charge in [0.1, 0.15) is 5.82 Å². The smallest absolute Gasteiger partial charge is 0.147 e. The van der Waals surface area contributed by atoms with Crippen LogP contribution in [0.1, 0.15) is 5.56 Å². The average molecular weight is 266 g/mol. The summed E-state index contributed by atoms with van der Waals surface area (Å²) in [6.07, 6.45) is 0.383. The Morgan fingerprint density at radius 1 is 1.62 bits per heavy atom. The Kier molecular flexibility index (Phi) is 4.67. The van der Waals surface area contributed by atoms with Crippen LogP contribution in [0.4, 0.5) is 10.1 Å². The molecule has 1 aromatic rings. The third-order valence-corrected chi connectivity index (χ3v) is 3.16. The molecule has 16 heavy (non-hydrogen) atoms. The van der Waals surface area contributed by atoms with Crippen molar-refractivity contribution < 1.29 is 13.2 Å². The van der Waals surface area contributed by atoms with Gasteiger partial charge in [-0.25, -0.2) is 8.70 Å². The van der Waals surface area contributed by atoms with Gasteiger partial charge in [-0.1, -0.05) is 11.6 Å². The third kappa shape index (κ3) is 3.41. The van der Waals surface area contributed by atoms with Crippen molar-refractivity contribution in [2.24, 2.45) is 0 Å². The summed E-state index contributed by atoms with van der Waals surface area (Å²) in [6.45, 7) is 0.265. The summed E-state index contributed by atoms with van der Waals surface area (Å²) >= 11 is 3.53. The lowest BCUT2D eigenvalue weighted by Crippen LogP contribution is -2.23. The van der Waals surface area contributed by atoms with E-state index in [0.717, 1.165) is 10.4 Å². The Labute approximate surface area is 101 Å². The number of likely N-dealkylation sites (N-methyl/N-ethyl adjacent to an activating group) is 1. The Bertz CT molecular complexity index is 417. The zero-order chi connectivity index (χ0) is 12.3. The van der Waals surface area contributed by atoms with Crippen molar-refractivity contribution >= 4 is 28.6 Å². The molecule has 0 bridgehead atoms. The van der Waals surface area contributed by atoms with E-state index in [1.165, 1.54) is 13.1 Å². The number of anilines is 1. The van der Waals surface area contributed by atoms with Crippen LogP contribution in [0.2, 0.25) is 5.02 Å². The monoisotopic (exact) mass is 265 g/mol. The van der Waals surface area contributed by atoms with Crippen molar-refractivity contribution in [2.75, 3.05) is 19.3 Å². The Morgan fingerprint density at radius 2 is 2.25 bits per heavy atom. The maximum absolute atomic E-state index is 13.0. The van der Waals surface area contributed by atoms with Crippen molar-refractivity contribution in [1.29, 1.82) is 0 Å². The van der Waals surface area contributed by atoms with E-state index in [1.54, 1.807) is 0 Å². The predicted molar refractivity (Wildman–Crippen MR) is 61.1 cm³/mol. The normalized spacial score (nSPS) is 13.1. The zero-order valence-corrected chi connectivity index (χ0v) is 10.1. The van der Waals surface area contributed by atoms with Gasteiger partial charge < -0.3 is 10.3 Å². The van der Waals surface area contributed by atoms with E-state index in [9.17, 15) is 13.2 Å².